The third kappa shape index (κ3) is 2.73. The Bertz CT molecular complexity index is 706. The molecule has 1 N–H and O–H groups in total. The van der Waals surface area contributed by atoms with Crippen molar-refractivity contribution in [2.45, 2.75) is 0 Å². The van der Waals surface area contributed by atoms with E-state index in [1.165, 1.54) is 23.6 Å². The summed E-state index contributed by atoms with van der Waals surface area (Å²) in [5, 5.41) is 12.2. The molecule has 0 bridgehead atoms. The van der Waals surface area contributed by atoms with Crippen LogP contribution in [0.1, 0.15) is 10.6 Å². The predicted octanol–water partition coefficient (Wildman–Crippen LogP) is 0.832. The van der Waals surface area contributed by atoms with Crippen molar-refractivity contribution in [3.05, 3.63) is 29.5 Å². The van der Waals surface area contributed by atoms with Crippen LogP contribution < -0.4 is 8.57 Å². The summed E-state index contributed by atoms with van der Waals surface area (Å²) < 4.78 is 10.8. The van der Waals surface area contributed by atoms with Gasteiger partial charge in [0.2, 0.25) is 0 Å². The van der Waals surface area contributed by atoms with Gasteiger partial charge in [-0.25, -0.2) is 0 Å². The first-order chi connectivity index (χ1) is 9.22. The number of anilines is 1. The van der Waals surface area contributed by atoms with Crippen LogP contribution in [0.5, 0.6) is 0 Å². The monoisotopic (exact) mass is 469 g/mol. The second-order valence-corrected chi connectivity index (χ2v) is 6.29. The van der Waals surface area contributed by atoms with Crippen LogP contribution in [-0.4, -0.2) is 47.0 Å². The van der Waals surface area contributed by atoms with Gasteiger partial charge in [-0.1, -0.05) is 0 Å². The van der Waals surface area contributed by atoms with E-state index < -0.39 is 0 Å². The summed E-state index contributed by atoms with van der Waals surface area (Å²) in [6.07, 6.45) is 1.41. The van der Waals surface area contributed by atoms with E-state index in [-0.39, 0.29) is 11.7 Å². The zero-order chi connectivity index (χ0) is 13.2. The molecule has 3 heterocycles. The zero-order valence-corrected chi connectivity index (χ0v) is 14.0. The molecule has 3 aromatic rings. The third-order valence-corrected chi connectivity index (χ3v) is 3.82. The van der Waals surface area contributed by atoms with Crippen LogP contribution in [-0.2, 0) is 0 Å². The number of nitrogens with one attached hydrogen (secondary N) is 1. The number of carbonyl (C=O) groups is 1. The van der Waals surface area contributed by atoms with Gasteiger partial charge < -0.3 is 0 Å². The van der Waals surface area contributed by atoms with Crippen LogP contribution in [0.15, 0.2) is 32.8 Å². The summed E-state index contributed by atoms with van der Waals surface area (Å²) in [5.41, 5.74) is 0.646. The predicted molar refractivity (Wildman–Crippen MR) is 67.5 cm³/mol. The summed E-state index contributed by atoms with van der Waals surface area (Å²) in [6.45, 7) is 0. The Hall–Kier alpha value is -1.56. The molecule has 0 unspecified atom stereocenters. The summed E-state index contributed by atoms with van der Waals surface area (Å²) >= 11 is 2.12. The first kappa shape index (κ1) is 12.5. The maximum atomic E-state index is 11.7. The van der Waals surface area contributed by atoms with Gasteiger partial charge in [-0.15, -0.1) is 0 Å². The molecule has 93 valence electrons. The fraction of sp³-hybridized carbons (Fsp3) is 0. The number of amides is 1. The number of carbonyl (C=O) groups excluding carboxylic acids is 1. The van der Waals surface area contributed by atoms with Crippen molar-refractivity contribution in [2.24, 2.45) is 0 Å². The Morgan fingerprint density at radius 2 is 2.32 bits per heavy atom. The van der Waals surface area contributed by atoms with Crippen molar-refractivity contribution >= 4 is 51.4 Å². The molecule has 0 saturated heterocycles. The van der Waals surface area contributed by atoms with Gasteiger partial charge in [-0.3, -0.25) is 0 Å². The van der Waals surface area contributed by atoms with Crippen molar-refractivity contribution in [2.75, 3.05) is 5.32 Å². The van der Waals surface area contributed by atoms with E-state index in [0.717, 1.165) is 29.0 Å². The molecule has 3 radical (unpaired) electrons. The number of hydrogen-bond donors (Lipinski definition) is 1. The summed E-state index contributed by atoms with van der Waals surface area (Å²) in [7, 11) is 0. The van der Waals surface area contributed by atoms with Crippen LogP contribution in [0.2, 0.25) is 0 Å². The molecule has 9 heteroatoms. The van der Waals surface area contributed by atoms with E-state index in [1.807, 2.05) is 6.07 Å². The van der Waals surface area contributed by atoms with E-state index in [9.17, 15) is 4.79 Å². The van der Waals surface area contributed by atoms with Gasteiger partial charge in [-0.05, 0) is 0 Å². The van der Waals surface area contributed by atoms with Gasteiger partial charge in [0.1, 0.15) is 0 Å². The minimum atomic E-state index is -0.389. The number of aromatic nitrogens is 3. The molecule has 7 nitrogen and oxygen atoms in total. The van der Waals surface area contributed by atoms with Gasteiger partial charge in [0.25, 0.3) is 0 Å². The molecule has 0 aromatic carbocycles. The third-order valence-electron chi connectivity index (χ3n) is 2.15. The van der Waals surface area contributed by atoms with Crippen LogP contribution in [0, 0.1) is 0 Å². The maximum absolute atomic E-state index is 11.7. The quantitative estimate of drug-likeness (QED) is 0.573. The molecule has 0 saturated carbocycles. The van der Waals surface area contributed by atoms with Crippen LogP contribution in [0.4, 0.5) is 5.13 Å². The Labute approximate surface area is 126 Å². The Morgan fingerprint density at radius 1 is 1.42 bits per heavy atom. The molecule has 3 aromatic heterocycles. The fourth-order valence-corrected chi connectivity index (χ4v) is 2.71. The van der Waals surface area contributed by atoms with Crippen molar-refractivity contribution in [1.82, 2.24) is 15.3 Å². The SMILES string of the molecule is O=C(Nc1nc(-c2c[c]([Pb])no2)cs1)c1ccno1. The van der Waals surface area contributed by atoms with E-state index in [0.29, 0.717) is 16.6 Å². The number of thiazole rings is 1. The molecule has 0 aliphatic carbocycles. The Morgan fingerprint density at radius 3 is 3.00 bits per heavy atom. The first-order valence-electron chi connectivity index (χ1n) is 5.08. The van der Waals surface area contributed by atoms with E-state index in [1.54, 1.807) is 5.38 Å². The summed E-state index contributed by atoms with van der Waals surface area (Å²) in [4.78, 5) is 16.0. The number of hydrogen-bond acceptors (Lipinski definition) is 7. The second-order valence-electron chi connectivity index (χ2n) is 3.45. The van der Waals surface area contributed by atoms with Gasteiger partial charge in [0.05, 0.1) is 0 Å². The summed E-state index contributed by atoms with van der Waals surface area (Å²) in [6, 6.07) is 3.32. The van der Waals surface area contributed by atoms with Crippen molar-refractivity contribution in [3.8, 4) is 11.5 Å². The fourth-order valence-electron chi connectivity index (χ4n) is 1.33. The Kier molecular flexibility index (Phi) is 3.42. The molecule has 0 atom stereocenters. The van der Waals surface area contributed by atoms with Crippen molar-refractivity contribution < 1.29 is 13.8 Å². The molecule has 0 aliphatic rings. The summed E-state index contributed by atoms with van der Waals surface area (Å²) in [5.74, 6) is 0.347. The van der Waals surface area contributed by atoms with Crippen molar-refractivity contribution in [1.29, 1.82) is 0 Å². The van der Waals surface area contributed by atoms with Crippen molar-refractivity contribution in [3.63, 3.8) is 0 Å². The first-order valence-corrected chi connectivity index (χ1v) is 7.91. The van der Waals surface area contributed by atoms with E-state index in [4.69, 9.17) is 9.05 Å². The van der Waals surface area contributed by atoms with E-state index in [2.05, 4.69) is 20.6 Å². The molecule has 0 spiro atoms. The van der Waals surface area contributed by atoms with Gasteiger partial charge >= 0.3 is 127 Å². The normalized spacial score (nSPS) is 10.6. The molecule has 19 heavy (non-hydrogen) atoms. The van der Waals surface area contributed by atoms with Crippen LogP contribution >= 0.6 is 11.3 Å². The van der Waals surface area contributed by atoms with Crippen LogP contribution in [0.3, 0.4) is 0 Å². The molecular formula is C10H5N4O3PbS. The second kappa shape index (κ2) is 5.21. The molecule has 0 aliphatic heterocycles. The topological polar surface area (TPSA) is 94.1 Å². The minimum absolute atomic E-state index is 0.137. The van der Waals surface area contributed by atoms with Gasteiger partial charge in [-0.2, -0.15) is 0 Å². The van der Waals surface area contributed by atoms with Gasteiger partial charge in [0, 0.05) is 0 Å². The molecule has 1 amide bonds. The van der Waals surface area contributed by atoms with Crippen LogP contribution in [0.25, 0.3) is 11.5 Å². The van der Waals surface area contributed by atoms with E-state index >= 15 is 0 Å². The number of rotatable bonds is 3. The standard InChI is InChI=1S/C10H5N4O3S.Pb/c15-9(8-2-4-12-17-8)14-10-13-6(5-18-10)7-1-3-11-16-7;/h1-2,4-5H,(H,13,14,15);. The average molecular weight is 468 g/mol. The Balaban J connectivity index is 1.77. The van der Waals surface area contributed by atoms with Gasteiger partial charge in [0.15, 0.2) is 0 Å². The molecular weight excluding hydrogens is 463 g/mol. The zero-order valence-electron chi connectivity index (χ0n) is 9.28. The molecule has 0 fully saturated rings. The molecule has 3 rings (SSSR count). The number of nitrogens with zero attached hydrogens (tertiary/aromatic N) is 3. The average Bonchev–Trinajstić information content (AvgIpc) is 3.07.